The lowest BCUT2D eigenvalue weighted by molar-refractivity contribution is 0.202. The minimum Gasteiger partial charge on any atom is -0.384 e. The quantitative estimate of drug-likeness (QED) is 0.880. The van der Waals surface area contributed by atoms with E-state index >= 15 is 0 Å². The van der Waals surface area contributed by atoms with E-state index in [1.165, 1.54) is 5.56 Å². The van der Waals surface area contributed by atoms with Crippen LogP contribution >= 0.6 is 0 Å². The van der Waals surface area contributed by atoms with Crippen molar-refractivity contribution in [3.63, 3.8) is 0 Å². The highest BCUT2D eigenvalue weighted by molar-refractivity contribution is 5.43. The molecule has 0 fully saturated rings. The third-order valence-corrected chi connectivity index (χ3v) is 3.55. The predicted octanol–water partition coefficient (Wildman–Crippen LogP) is 2.72. The fourth-order valence-corrected chi connectivity index (χ4v) is 2.26. The molecule has 4 heteroatoms. The van der Waals surface area contributed by atoms with Crippen molar-refractivity contribution < 1.29 is 4.74 Å². The van der Waals surface area contributed by atoms with Gasteiger partial charge in [0.25, 0.3) is 0 Å². The van der Waals surface area contributed by atoms with E-state index < -0.39 is 0 Å². The van der Waals surface area contributed by atoms with Gasteiger partial charge in [-0.05, 0) is 24.0 Å². The smallest absolute Gasteiger partial charge is 0.0994 e. The second-order valence-electron chi connectivity index (χ2n) is 5.33. The third kappa shape index (κ3) is 3.08. The van der Waals surface area contributed by atoms with E-state index in [0.717, 1.165) is 17.8 Å². The first-order valence-electron chi connectivity index (χ1n) is 7.00. The number of nitrogens with zero attached hydrogens (tertiary/aromatic N) is 2. The van der Waals surface area contributed by atoms with E-state index in [2.05, 4.69) is 35.5 Å². The second kappa shape index (κ2) is 6.68. The van der Waals surface area contributed by atoms with Crippen LogP contribution in [0.4, 0.5) is 0 Å². The van der Waals surface area contributed by atoms with E-state index in [4.69, 9.17) is 10.5 Å². The minimum absolute atomic E-state index is 0.0204. The van der Waals surface area contributed by atoms with Gasteiger partial charge in [0.05, 0.1) is 30.5 Å². The molecule has 1 aromatic carbocycles. The Morgan fingerprint density at radius 2 is 2.05 bits per heavy atom. The standard InChI is InChI=1S/C16H23N3O/c1-12(2)16(17)15-10-18-11-19(15)14-7-5-4-6-13(14)8-9-20-3/h4-7,10-12,16H,8-9,17H2,1-3H3. The number of hydrogen-bond acceptors (Lipinski definition) is 3. The Labute approximate surface area is 120 Å². The zero-order valence-corrected chi connectivity index (χ0v) is 12.4. The summed E-state index contributed by atoms with van der Waals surface area (Å²) >= 11 is 0. The summed E-state index contributed by atoms with van der Waals surface area (Å²) in [4.78, 5) is 4.28. The molecule has 2 N–H and O–H groups in total. The molecule has 0 saturated carbocycles. The van der Waals surface area contributed by atoms with E-state index in [9.17, 15) is 0 Å². The van der Waals surface area contributed by atoms with Crippen molar-refractivity contribution in [2.45, 2.75) is 26.3 Å². The monoisotopic (exact) mass is 273 g/mol. The molecule has 20 heavy (non-hydrogen) atoms. The van der Waals surface area contributed by atoms with E-state index in [1.807, 2.05) is 24.7 Å². The lowest BCUT2D eigenvalue weighted by Crippen LogP contribution is -2.20. The molecule has 0 bridgehead atoms. The lowest BCUT2D eigenvalue weighted by Gasteiger charge is -2.19. The molecule has 0 radical (unpaired) electrons. The molecule has 108 valence electrons. The van der Waals surface area contributed by atoms with Crippen LogP contribution in [0.5, 0.6) is 0 Å². The van der Waals surface area contributed by atoms with Gasteiger partial charge in [0.1, 0.15) is 0 Å². The van der Waals surface area contributed by atoms with Crippen molar-refractivity contribution in [2.24, 2.45) is 11.7 Å². The van der Waals surface area contributed by atoms with Crippen LogP contribution < -0.4 is 5.73 Å². The molecule has 2 aromatic rings. The fourth-order valence-electron chi connectivity index (χ4n) is 2.26. The molecule has 0 amide bonds. The zero-order chi connectivity index (χ0) is 14.5. The van der Waals surface area contributed by atoms with Gasteiger partial charge in [-0.15, -0.1) is 0 Å². The van der Waals surface area contributed by atoms with Crippen LogP contribution in [0.15, 0.2) is 36.8 Å². The molecule has 0 aliphatic heterocycles. The SMILES string of the molecule is COCCc1ccccc1-n1cncc1C(N)C(C)C. The van der Waals surface area contributed by atoms with Gasteiger partial charge >= 0.3 is 0 Å². The van der Waals surface area contributed by atoms with E-state index in [0.29, 0.717) is 12.5 Å². The highest BCUT2D eigenvalue weighted by atomic mass is 16.5. The van der Waals surface area contributed by atoms with E-state index in [-0.39, 0.29) is 6.04 Å². The summed E-state index contributed by atoms with van der Waals surface area (Å²) < 4.78 is 7.28. The van der Waals surface area contributed by atoms with E-state index in [1.54, 1.807) is 7.11 Å². The first-order chi connectivity index (χ1) is 9.65. The molecule has 4 nitrogen and oxygen atoms in total. The average Bonchev–Trinajstić information content (AvgIpc) is 2.93. The van der Waals surface area contributed by atoms with Gasteiger partial charge < -0.3 is 15.0 Å². The summed E-state index contributed by atoms with van der Waals surface area (Å²) in [5.74, 6) is 0.372. The van der Waals surface area contributed by atoms with Crippen molar-refractivity contribution >= 4 is 0 Å². The topological polar surface area (TPSA) is 53.1 Å². The fraction of sp³-hybridized carbons (Fsp3) is 0.438. The summed E-state index contributed by atoms with van der Waals surface area (Å²) in [5.41, 5.74) is 9.70. The molecule has 0 aliphatic carbocycles. The second-order valence-corrected chi connectivity index (χ2v) is 5.33. The Morgan fingerprint density at radius 1 is 1.30 bits per heavy atom. The van der Waals surface area contributed by atoms with Crippen LogP contribution in [0.2, 0.25) is 0 Å². The molecule has 0 aliphatic rings. The van der Waals surface area contributed by atoms with Crippen molar-refractivity contribution in [3.8, 4) is 5.69 Å². The molecule has 0 spiro atoms. The molecule has 1 atom stereocenters. The van der Waals surface area contributed by atoms with Crippen LogP contribution in [0.25, 0.3) is 5.69 Å². The Bertz CT molecular complexity index is 548. The maximum absolute atomic E-state index is 6.29. The number of nitrogens with two attached hydrogens (primary N) is 1. The predicted molar refractivity (Wildman–Crippen MR) is 80.9 cm³/mol. The van der Waals surface area contributed by atoms with Crippen LogP contribution in [0.3, 0.4) is 0 Å². The molecule has 1 unspecified atom stereocenters. The maximum atomic E-state index is 6.29. The van der Waals surface area contributed by atoms with Crippen molar-refractivity contribution in [1.29, 1.82) is 0 Å². The highest BCUT2D eigenvalue weighted by Gasteiger charge is 2.17. The summed E-state index contributed by atoms with van der Waals surface area (Å²) in [7, 11) is 1.72. The Hall–Kier alpha value is -1.65. The number of methoxy groups -OCH3 is 1. The summed E-state index contributed by atoms with van der Waals surface area (Å²) in [6.45, 7) is 4.95. The average molecular weight is 273 g/mol. The van der Waals surface area contributed by atoms with Gasteiger partial charge in [0.2, 0.25) is 0 Å². The van der Waals surface area contributed by atoms with Crippen molar-refractivity contribution in [3.05, 3.63) is 48.0 Å². The van der Waals surface area contributed by atoms with Gasteiger partial charge in [-0.1, -0.05) is 32.0 Å². The maximum Gasteiger partial charge on any atom is 0.0994 e. The molecular formula is C16H23N3O. The van der Waals surface area contributed by atoms with Gasteiger partial charge in [0, 0.05) is 13.2 Å². The van der Waals surface area contributed by atoms with Crippen LogP contribution in [0, 0.1) is 5.92 Å². The summed E-state index contributed by atoms with van der Waals surface area (Å²) in [6, 6.07) is 8.29. The largest absolute Gasteiger partial charge is 0.384 e. The normalized spacial score (nSPS) is 12.8. The van der Waals surface area contributed by atoms with Gasteiger partial charge in [-0.3, -0.25) is 0 Å². The van der Waals surface area contributed by atoms with Gasteiger partial charge in [-0.2, -0.15) is 0 Å². The molecule has 2 rings (SSSR count). The Morgan fingerprint density at radius 3 is 2.75 bits per heavy atom. The summed E-state index contributed by atoms with van der Waals surface area (Å²) in [6.07, 6.45) is 4.57. The molecular weight excluding hydrogens is 250 g/mol. The van der Waals surface area contributed by atoms with Gasteiger partial charge in [0.15, 0.2) is 0 Å². The lowest BCUT2D eigenvalue weighted by atomic mass is 10.0. The first-order valence-corrected chi connectivity index (χ1v) is 7.00. The number of aromatic nitrogens is 2. The molecule has 1 heterocycles. The number of ether oxygens (including phenoxy) is 1. The Kier molecular flexibility index (Phi) is 4.93. The number of para-hydroxylation sites is 1. The third-order valence-electron chi connectivity index (χ3n) is 3.55. The van der Waals surface area contributed by atoms with Crippen LogP contribution in [-0.2, 0) is 11.2 Å². The van der Waals surface area contributed by atoms with Crippen LogP contribution in [-0.4, -0.2) is 23.3 Å². The molecule has 1 aromatic heterocycles. The first kappa shape index (κ1) is 14.8. The highest BCUT2D eigenvalue weighted by Crippen LogP contribution is 2.24. The van der Waals surface area contributed by atoms with Crippen molar-refractivity contribution in [1.82, 2.24) is 9.55 Å². The van der Waals surface area contributed by atoms with Crippen molar-refractivity contribution in [2.75, 3.05) is 13.7 Å². The minimum atomic E-state index is -0.0204. The number of rotatable bonds is 6. The number of hydrogen-bond donors (Lipinski definition) is 1. The zero-order valence-electron chi connectivity index (χ0n) is 12.4. The number of imidazole rings is 1. The van der Waals surface area contributed by atoms with Gasteiger partial charge in [-0.25, -0.2) is 4.98 Å². The summed E-state index contributed by atoms with van der Waals surface area (Å²) in [5, 5.41) is 0. The van der Waals surface area contributed by atoms with Crippen LogP contribution in [0.1, 0.15) is 31.1 Å². The Balaban J connectivity index is 2.39. The molecule has 0 saturated heterocycles. The number of benzene rings is 1.